The molecule has 0 spiro atoms. The maximum absolute atomic E-state index is 12.2. The van der Waals surface area contributed by atoms with Gasteiger partial charge in [-0.05, 0) is 42.7 Å². The van der Waals surface area contributed by atoms with Gasteiger partial charge in [-0.3, -0.25) is 4.79 Å². The average Bonchev–Trinajstić information content (AvgIpc) is 3.15. The molecule has 148 valence electrons. The lowest BCUT2D eigenvalue weighted by Crippen LogP contribution is -2.24. The Hall–Kier alpha value is -3.70. The van der Waals surface area contributed by atoms with Crippen molar-refractivity contribution < 1.29 is 14.6 Å². The number of pyridine rings is 1. The molecule has 2 aromatic heterocycles. The number of aromatic hydroxyl groups is 1. The highest BCUT2D eigenvalue weighted by Crippen LogP contribution is 2.30. The zero-order valence-electron chi connectivity index (χ0n) is 16.0. The number of ether oxygens (including phenoxy) is 1. The predicted octanol–water partition coefficient (Wildman–Crippen LogP) is 2.67. The summed E-state index contributed by atoms with van der Waals surface area (Å²) < 4.78 is 6.27. The first-order valence-corrected chi connectivity index (χ1v) is 9.15. The number of rotatable bonds is 8. The van der Waals surface area contributed by atoms with Crippen LogP contribution in [0.5, 0.6) is 5.88 Å². The average molecular weight is 391 g/mol. The van der Waals surface area contributed by atoms with Crippen molar-refractivity contribution in [3.63, 3.8) is 0 Å². The van der Waals surface area contributed by atoms with Crippen LogP contribution in [-0.4, -0.2) is 46.0 Å². The minimum absolute atomic E-state index is 0.0717. The lowest BCUT2D eigenvalue weighted by molar-refractivity contribution is 0.0951. The molecule has 2 heterocycles. The van der Waals surface area contributed by atoms with Crippen molar-refractivity contribution in [2.24, 2.45) is 0 Å². The number of nitrogens with one attached hydrogen (secondary N) is 1. The zero-order chi connectivity index (χ0) is 20.6. The Labute approximate surface area is 168 Å². The normalized spacial score (nSPS) is 10.5. The molecule has 1 amide bonds. The molecule has 0 atom stereocenters. The molecule has 29 heavy (non-hydrogen) atoms. The Balaban J connectivity index is 1.69. The van der Waals surface area contributed by atoms with E-state index in [2.05, 4.69) is 21.5 Å². The van der Waals surface area contributed by atoms with E-state index in [-0.39, 0.29) is 11.8 Å². The van der Waals surface area contributed by atoms with Crippen LogP contribution in [0.4, 0.5) is 0 Å². The molecule has 3 aromatic rings. The summed E-state index contributed by atoms with van der Waals surface area (Å²) >= 11 is 0. The highest BCUT2D eigenvalue weighted by molar-refractivity contribution is 5.93. The van der Waals surface area contributed by atoms with Crippen LogP contribution >= 0.6 is 0 Å². The van der Waals surface area contributed by atoms with Crippen LogP contribution in [0.15, 0.2) is 48.8 Å². The van der Waals surface area contributed by atoms with Crippen molar-refractivity contribution in [2.45, 2.75) is 12.8 Å². The van der Waals surface area contributed by atoms with Crippen molar-refractivity contribution >= 4 is 5.91 Å². The Morgan fingerprint density at radius 3 is 2.66 bits per heavy atom. The Kier molecular flexibility index (Phi) is 6.55. The van der Waals surface area contributed by atoms with Crippen molar-refractivity contribution in [1.82, 2.24) is 20.1 Å². The van der Waals surface area contributed by atoms with Gasteiger partial charge in [0.05, 0.1) is 29.0 Å². The Morgan fingerprint density at radius 1 is 1.21 bits per heavy atom. The van der Waals surface area contributed by atoms with Crippen LogP contribution in [0.3, 0.4) is 0 Å². The molecular weight excluding hydrogens is 370 g/mol. The number of nitriles is 1. The number of benzene rings is 1. The molecule has 0 aliphatic carbocycles. The molecule has 0 unspecified atom stereocenters. The second kappa shape index (κ2) is 9.48. The summed E-state index contributed by atoms with van der Waals surface area (Å²) in [5.41, 5.74) is 2.22. The molecule has 0 radical (unpaired) electrons. The second-order valence-electron chi connectivity index (χ2n) is 6.34. The largest absolute Gasteiger partial charge is 0.493 e. The fourth-order valence-corrected chi connectivity index (χ4v) is 2.76. The van der Waals surface area contributed by atoms with Crippen LogP contribution in [0.25, 0.3) is 16.9 Å². The third-order valence-electron chi connectivity index (χ3n) is 4.36. The number of carbonyl (C=O) groups excluding carboxylic acids is 1. The summed E-state index contributed by atoms with van der Waals surface area (Å²) in [5.74, 6) is 0.112. The molecule has 0 bridgehead atoms. The first-order valence-electron chi connectivity index (χ1n) is 9.15. The number of hydrogen-bond donors (Lipinski definition) is 2. The minimum Gasteiger partial charge on any atom is -0.493 e. The molecule has 1 aromatic carbocycles. The number of nitrogens with zero attached hydrogens (tertiary/aromatic N) is 4. The van der Waals surface area contributed by atoms with Crippen LogP contribution in [0.1, 0.15) is 28.8 Å². The van der Waals surface area contributed by atoms with Crippen molar-refractivity contribution in [3.8, 4) is 28.9 Å². The first-order chi connectivity index (χ1) is 14.1. The second-order valence-corrected chi connectivity index (χ2v) is 6.34. The maximum Gasteiger partial charge on any atom is 0.252 e. The summed E-state index contributed by atoms with van der Waals surface area (Å²) in [5, 5.41) is 26.4. The third-order valence-corrected chi connectivity index (χ3v) is 4.36. The zero-order valence-corrected chi connectivity index (χ0v) is 16.0. The van der Waals surface area contributed by atoms with Gasteiger partial charge in [0, 0.05) is 26.5 Å². The standard InChI is InChI=1S/C21H21N5O3/c1-29-11-3-2-10-23-20(27)17-8-9-19(24-13-17)26-21(28)18(14-25-26)16-6-4-15(12-22)5-7-16/h4-9,13-14,28H,2-3,10-11H2,1H3,(H,23,27). The third kappa shape index (κ3) is 4.78. The highest BCUT2D eigenvalue weighted by atomic mass is 16.5. The van der Waals surface area contributed by atoms with Gasteiger partial charge in [0.1, 0.15) is 0 Å². The predicted molar refractivity (Wildman–Crippen MR) is 107 cm³/mol. The van der Waals surface area contributed by atoms with Gasteiger partial charge >= 0.3 is 0 Å². The van der Waals surface area contributed by atoms with Gasteiger partial charge in [-0.1, -0.05) is 12.1 Å². The highest BCUT2D eigenvalue weighted by Gasteiger charge is 2.14. The summed E-state index contributed by atoms with van der Waals surface area (Å²) in [6.45, 7) is 1.24. The van der Waals surface area contributed by atoms with E-state index in [4.69, 9.17) is 10.00 Å². The number of amides is 1. The van der Waals surface area contributed by atoms with Gasteiger partial charge in [-0.2, -0.15) is 15.0 Å². The van der Waals surface area contributed by atoms with Gasteiger partial charge in [-0.25, -0.2) is 4.98 Å². The topological polar surface area (TPSA) is 113 Å². The number of unbranched alkanes of at least 4 members (excludes halogenated alkanes) is 1. The molecule has 8 heteroatoms. The van der Waals surface area contributed by atoms with Gasteiger partial charge in [-0.15, -0.1) is 0 Å². The fraction of sp³-hybridized carbons (Fsp3) is 0.238. The Bertz CT molecular complexity index is 1000. The minimum atomic E-state index is -0.204. The summed E-state index contributed by atoms with van der Waals surface area (Å²) in [7, 11) is 1.65. The maximum atomic E-state index is 12.2. The van der Waals surface area contributed by atoms with Gasteiger partial charge < -0.3 is 15.2 Å². The quantitative estimate of drug-likeness (QED) is 0.571. The SMILES string of the molecule is COCCCCNC(=O)c1ccc(-n2ncc(-c3ccc(C#N)cc3)c2O)nc1. The van der Waals surface area contributed by atoms with Crippen molar-refractivity contribution in [1.29, 1.82) is 5.26 Å². The van der Waals surface area contributed by atoms with Crippen LogP contribution in [0.2, 0.25) is 0 Å². The molecular formula is C21H21N5O3. The number of hydrogen-bond acceptors (Lipinski definition) is 6. The van der Waals surface area contributed by atoms with Gasteiger partial charge in [0.2, 0.25) is 5.88 Å². The first kappa shape index (κ1) is 20.0. The van der Waals surface area contributed by atoms with E-state index in [1.54, 1.807) is 43.5 Å². The summed E-state index contributed by atoms with van der Waals surface area (Å²) in [4.78, 5) is 16.4. The number of carbonyl (C=O) groups is 1. The van der Waals surface area contributed by atoms with Crippen LogP contribution < -0.4 is 5.32 Å². The number of methoxy groups -OCH3 is 1. The number of aromatic nitrogens is 3. The molecule has 0 saturated carbocycles. The smallest absolute Gasteiger partial charge is 0.252 e. The van der Waals surface area contributed by atoms with E-state index in [0.29, 0.717) is 35.7 Å². The molecule has 8 nitrogen and oxygen atoms in total. The fourth-order valence-electron chi connectivity index (χ4n) is 2.76. The van der Waals surface area contributed by atoms with E-state index < -0.39 is 0 Å². The lowest BCUT2D eigenvalue weighted by Gasteiger charge is -2.07. The van der Waals surface area contributed by atoms with E-state index in [1.165, 1.54) is 17.1 Å². The summed E-state index contributed by atoms with van der Waals surface area (Å²) in [6.07, 6.45) is 4.69. The molecule has 3 rings (SSSR count). The summed E-state index contributed by atoms with van der Waals surface area (Å²) in [6, 6.07) is 12.1. The molecule has 0 saturated heterocycles. The monoisotopic (exact) mass is 391 g/mol. The Morgan fingerprint density at radius 2 is 2.00 bits per heavy atom. The van der Waals surface area contributed by atoms with Crippen molar-refractivity contribution in [2.75, 3.05) is 20.3 Å². The van der Waals surface area contributed by atoms with E-state index in [9.17, 15) is 9.90 Å². The van der Waals surface area contributed by atoms with Crippen LogP contribution in [-0.2, 0) is 4.74 Å². The van der Waals surface area contributed by atoms with Gasteiger partial charge in [0.15, 0.2) is 5.82 Å². The van der Waals surface area contributed by atoms with Crippen LogP contribution in [0, 0.1) is 11.3 Å². The van der Waals surface area contributed by atoms with E-state index in [1.807, 2.05) is 0 Å². The molecule has 0 aliphatic heterocycles. The molecule has 0 aliphatic rings. The van der Waals surface area contributed by atoms with E-state index >= 15 is 0 Å². The van der Waals surface area contributed by atoms with Gasteiger partial charge in [0.25, 0.3) is 5.91 Å². The molecule has 0 fully saturated rings. The molecule has 2 N–H and O–H groups in total. The lowest BCUT2D eigenvalue weighted by atomic mass is 10.1. The van der Waals surface area contributed by atoms with E-state index in [0.717, 1.165) is 18.4 Å². The van der Waals surface area contributed by atoms with Crippen molar-refractivity contribution in [3.05, 3.63) is 59.9 Å².